The molecule has 0 aromatic heterocycles. The minimum Gasteiger partial charge on any atom is -0.300 e. The summed E-state index contributed by atoms with van der Waals surface area (Å²) in [5.41, 5.74) is 0. The lowest BCUT2D eigenvalue weighted by Gasteiger charge is -1.98. The smallest absolute Gasteiger partial charge is 0.267 e. The van der Waals surface area contributed by atoms with Crippen LogP contribution in [0.15, 0.2) is 0 Å². The number of Topliss-reactive ketones (excluding diaryl/α,β-unsaturated/α-hetero) is 1. The molecule has 0 rings (SSSR count). The maximum absolute atomic E-state index is 10.6. The van der Waals surface area contributed by atoms with E-state index in [9.17, 15) is 13.2 Å². The number of rotatable bonds is 5. The lowest BCUT2D eigenvalue weighted by molar-refractivity contribution is -0.117. The Balaban J connectivity index is 3.63. The van der Waals surface area contributed by atoms with Gasteiger partial charge in [-0.3, -0.25) is 4.18 Å². The van der Waals surface area contributed by atoms with E-state index in [1.165, 1.54) is 6.92 Å². The maximum Gasteiger partial charge on any atom is 0.267 e. The molecule has 0 saturated carbocycles. The molecule has 0 fully saturated rings. The number of hydrogen-bond donors (Lipinski definition) is 0. The van der Waals surface area contributed by atoms with Crippen molar-refractivity contribution in [2.75, 3.05) is 12.9 Å². The van der Waals surface area contributed by atoms with E-state index >= 15 is 0 Å². The first kappa shape index (κ1) is 10.6. The molecule has 0 spiro atoms. The number of carbonyl (C=O) groups is 1. The van der Waals surface area contributed by atoms with Gasteiger partial charge < -0.3 is 4.79 Å². The van der Waals surface area contributed by atoms with Crippen LogP contribution in [0.5, 0.6) is 0 Å². The SMILES string of the molecule is COS(=O)(=O)CCCC(C)=O. The van der Waals surface area contributed by atoms with E-state index in [-0.39, 0.29) is 11.5 Å². The van der Waals surface area contributed by atoms with E-state index < -0.39 is 10.1 Å². The van der Waals surface area contributed by atoms with Gasteiger partial charge in [0.1, 0.15) is 5.78 Å². The van der Waals surface area contributed by atoms with Gasteiger partial charge in [0.25, 0.3) is 10.1 Å². The van der Waals surface area contributed by atoms with Crippen molar-refractivity contribution in [3.8, 4) is 0 Å². The van der Waals surface area contributed by atoms with Gasteiger partial charge in [-0.05, 0) is 13.3 Å². The summed E-state index contributed by atoms with van der Waals surface area (Å²) in [6.07, 6.45) is 0.633. The molecular formula is C6H12O4S. The molecule has 66 valence electrons. The summed E-state index contributed by atoms with van der Waals surface area (Å²) in [5, 5.41) is 0. The maximum atomic E-state index is 10.6. The van der Waals surface area contributed by atoms with Gasteiger partial charge in [-0.25, -0.2) is 0 Å². The molecule has 0 radical (unpaired) electrons. The van der Waals surface area contributed by atoms with Crippen LogP contribution in [-0.2, 0) is 19.1 Å². The van der Waals surface area contributed by atoms with Gasteiger partial charge in [0, 0.05) is 6.42 Å². The molecule has 11 heavy (non-hydrogen) atoms. The van der Waals surface area contributed by atoms with Crippen molar-refractivity contribution in [1.82, 2.24) is 0 Å². The van der Waals surface area contributed by atoms with Crippen LogP contribution in [-0.4, -0.2) is 27.1 Å². The molecule has 0 atom stereocenters. The Morgan fingerprint density at radius 2 is 2.00 bits per heavy atom. The molecule has 0 saturated heterocycles. The highest BCUT2D eigenvalue weighted by molar-refractivity contribution is 7.86. The van der Waals surface area contributed by atoms with Gasteiger partial charge in [-0.15, -0.1) is 0 Å². The van der Waals surface area contributed by atoms with Crippen molar-refractivity contribution in [2.45, 2.75) is 19.8 Å². The molecule has 0 unspecified atom stereocenters. The second-order valence-electron chi connectivity index (χ2n) is 2.23. The Morgan fingerprint density at radius 1 is 1.45 bits per heavy atom. The average molecular weight is 180 g/mol. The third-order valence-electron chi connectivity index (χ3n) is 1.18. The van der Waals surface area contributed by atoms with Gasteiger partial charge in [0.2, 0.25) is 0 Å². The molecule has 0 aromatic rings. The van der Waals surface area contributed by atoms with Crippen molar-refractivity contribution in [3.63, 3.8) is 0 Å². The molecular weight excluding hydrogens is 168 g/mol. The molecule has 0 heterocycles. The van der Waals surface area contributed by atoms with Crippen LogP contribution in [0.3, 0.4) is 0 Å². The van der Waals surface area contributed by atoms with Gasteiger partial charge in [-0.1, -0.05) is 0 Å². The zero-order chi connectivity index (χ0) is 8.91. The number of ketones is 1. The molecule has 0 amide bonds. The average Bonchev–Trinajstić information content (AvgIpc) is 1.87. The van der Waals surface area contributed by atoms with E-state index in [1.807, 2.05) is 0 Å². The molecule has 0 bridgehead atoms. The highest BCUT2D eigenvalue weighted by atomic mass is 32.2. The third-order valence-corrected chi connectivity index (χ3v) is 2.47. The first-order chi connectivity index (χ1) is 4.98. The Labute approximate surface area is 66.7 Å². The van der Waals surface area contributed by atoms with E-state index in [4.69, 9.17) is 0 Å². The summed E-state index contributed by atoms with van der Waals surface area (Å²) < 4.78 is 25.5. The topological polar surface area (TPSA) is 60.4 Å². The first-order valence-corrected chi connectivity index (χ1v) is 4.83. The third kappa shape index (κ3) is 6.00. The second kappa shape index (κ2) is 4.46. The highest BCUT2D eigenvalue weighted by Crippen LogP contribution is 1.97. The highest BCUT2D eigenvalue weighted by Gasteiger charge is 2.07. The van der Waals surface area contributed by atoms with Crippen molar-refractivity contribution in [2.24, 2.45) is 0 Å². The molecule has 0 aliphatic carbocycles. The molecule has 4 nitrogen and oxygen atoms in total. The van der Waals surface area contributed by atoms with Gasteiger partial charge in [-0.2, -0.15) is 8.42 Å². The Morgan fingerprint density at radius 3 is 2.36 bits per heavy atom. The zero-order valence-electron chi connectivity index (χ0n) is 6.66. The fourth-order valence-electron chi connectivity index (χ4n) is 0.581. The van der Waals surface area contributed by atoms with Crippen LogP contribution in [0, 0.1) is 0 Å². The lowest BCUT2D eigenvalue weighted by atomic mass is 10.3. The Kier molecular flexibility index (Phi) is 4.29. The van der Waals surface area contributed by atoms with Gasteiger partial charge in [0.15, 0.2) is 0 Å². The lowest BCUT2D eigenvalue weighted by Crippen LogP contribution is -2.08. The largest absolute Gasteiger partial charge is 0.300 e. The molecule has 5 heteroatoms. The van der Waals surface area contributed by atoms with E-state index in [0.29, 0.717) is 12.8 Å². The fraction of sp³-hybridized carbons (Fsp3) is 0.833. The Bertz CT molecular complexity index is 217. The zero-order valence-corrected chi connectivity index (χ0v) is 7.48. The fourth-order valence-corrected chi connectivity index (χ4v) is 1.25. The summed E-state index contributed by atoms with van der Waals surface area (Å²) >= 11 is 0. The minimum absolute atomic E-state index is 0.00342. The summed E-state index contributed by atoms with van der Waals surface area (Å²) in [4.78, 5) is 10.4. The van der Waals surface area contributed by atoms with Crippen LogP contribution in [0.25, 0.3) is 0 Å². The van der Waals surface area contributed by atoms with Crippen LogP contribution in [0.4, 0.5) is 0 Å². The first-order valence-electron chi connectivity index (χ1n) is 3.25. The molecule has 0 aromatic carbocycles. The second-order valence-corrected chi connectivity index (χ2v) is 4.09. The summed E-state index contributed by atoms with van der Waals surface area (Å²) in [5.74, 6) is -0.0837. The monoisotopic (exact) mass is 180 g/mol. The summed E-state index contributed by atoms with van der Waals surface area (Å²) in [6, 6.07) is 0. The van der Waals surface area contributed by atoms with Crippen LogP contribution in [0.2, 0.25) is 0 Å². The summed E-state index contributed by atoms with van der Waals surface area (Å²) in [6.45, 7) is 1.43. The van der Waals surface area contributed by atoms with Crippen molar-refractivity contribution in [1.29, 1.82) is 0 Å². The van der Waals surface area contributed by atoms with Gasteiger partial charge >= 0.3 is 0 Å². The van der Waals surface area contributed by atoms with Crippen LogP contribution < -0.4 is 0 Å². The predicted molar refractivity (Wildman–Crippen MR) is 40.7 cm³/mol. The molecule has 0 N–H and O–H groups in total. The van der Waals surface area contributed by atoms with Crippen molar-refractivity contribution >= 4 is 15.9 Å². The van der Waals surface area contributed by atoms with Crippen LogP contribution >= 0.6 is 0 Å². The van der Waals surface area contributed by atoms with E-state index in [2.05, 4.69) is 4.18 Å². The minimum atomic E-state index is -3.37. The standard InChI is InChI=1S/C6H12O4S/c1-6(7)4-3-5-11(8,9)10-2/h3-5H2,1-2H3. The van der Waals surface area contributed by atoms with Crippen molar-refractivity contribution < 1.29 is 17.4 Å². The normalized spacial score (nSPS) is 11.5. The number of carbonyl (C=O) groups excluding carboxylic acids is 1. The van der Waals surface area contributed by atoms with Crippen LogP contribution in [0.1, 0.15) is 19.8 Å². The van der Waals surface area contributed by atoms with E-state index in [1.54, 1.807) is 0 Å². The van der Waals surface area contributed by atoms with Crippen molar-refractivity contribution in [3.05, 3.63) is 0 Å². The quantitative estimate of drug-likeness (QED) is 0.572. The predicted octanol–water partition coefficient (Wildman–Crippen LogP) is 0.332. The van der Waals surface area contributed by atoms with Gasteiger partial charge in [0.05, 0.1) is 12.9 Å². The molecule has 0 aliphatic rings. The number of hydrogen-bond acceptors (Lipinski definition) is 4. The van der Waals surface area contributed by atoms with E-state index in [0.717, 1.165) is 7.11 Å². The molecule has 0 aliphatic heterocycles. The summed E-state index contributed by atoms with van der Waals surface area (Å²) in [7, 11) is -2.25. The Hall–Kier alpha value is -0.420.